The zero-order valence-corrected chi connectivity index (χ0v) is 24.1. The molecule has 0 spiro atoms. The second-order valence-corrected chi connectivity index (χ2v) is 10.4. The minimum absolute atomic E-state index is 0.0668. The van der Waals surface area contributed by atoms with Gasteiger partial charge in [0.2, 0.25) is 5.91 Å². The molecule has 226 valence electrons. The van der Waals surface area contributed by atoms with Crippen LogP contribution in [0.5, 0.6) is 5.75 Å². The van der Waals surface area contributed by atoms with E-state index >= 15 is 0 Å². The number of morpholine rings is 1. The molecule has 2 atom stereocenters. The predicted molar refractivity (Wildman–Crippen MR) is 168 cm³/mol. The summed E-state index contributed by atoms with van der Waals surface area (Å²) in [6, 6.07) is 11.3. The van der Waals surface area contributed by atoms with Gasteiger partial charge in [-0.25, -0.2) is 14.5 Å². The summed E-state index contributed by atoms with van der Waals surface area (Å²) in [5, 5.41) is 16.4. The number of carbonyl (C=O) groups excluding carboxylic acids is 1. The highest BCUT2D eigenvalue weighted by atomic mass is 16.5. The molecule has 1 aliphatic carbocycles. The summed E-state index contributed by atoms with van der Waals surface area (Å²) in [7, 11) is 1.55. The van der Waals surface area contributed by atoms with E-state index in [-0.39, 0.29) is 58.6 Å². The summed E-state index contributed by atoms with van der Waals surface area (Å²) < 4.78 is 94.6. The Balaban J connectivity index is 1.35. The fourth-order valence-corrected chi connectivity index (χ4v) is 4.97. The summed E-state index contributed by atoms with van der Waals surface area (Å²) in [6.07, 6.45) is 3.36. The van der Waals surface area contributed by atoms with Gasteiger partial charge in [0.05, 0.1) is 43.1 Å². The van der Waals surface area contributed by atoms with Gasteiger partial charge in [-0.2, -0.15) is 0 Å². The Hall–Kier alpha value is -4.84. The van der Waals surface area contributed by atoms with E-state index in [9.17, 15) is 4.79 Å². The second kappa shape index (κ2) is 11.7. The first-order chi connectivity index (χ1) is 25.1. The molecule has 44 heavy (non-hydrogen) atoms. The Morgan fingerprint density at radius 2 is 2.00 bits per heavy atom. The quantitative estimate of drug-likeness (QED) is 0.262. The number of nitrogens with one attached hydrogen (secondary N) is 1. The average Bonchev–Trinajstić information content (AvgIpc) is 3.67. The lowest BCUT2D eigenvalue weighted by Gasteiger charge is -2.28. The molecule has 12 nitrogen and oxygen atoms in total. The van der Waals surface area contributed by atoms with Crippen LogP contribution in [-0.2, 0) is 16.1 Å². The summed E-state index contributed by atoms with van der Waals surface area (Å²) in [5.74, 6) is 0.837. The molecule has 1 N–H and O–H groups in total. The molecule has 7 rings (SSSR count). The van der Waals surface area contributed by atoms with Crippen molar-refractivity contribution in [1.82, 2.24) is 29.8 Å². The molecule has 12 heteroatoms. The number of rotatable bonds is 9. The molecular formula is C32H35N9O3. The molecule has 1 saturated heterocycles. The van der Waals surface area contributed by atoms with E-state index in [0.717, 1.165) is 12.0 Å². The van der Waals surface area contributed by atoms with E-state index in [4.69, 9.17) is 18.4 Å². The van der Waals surface area contributed by atoms with E-state index in [2.05, 4.69) is 35.3 Å². The van der Waals surface area contributed by atoms with Gasteiger partial charge in [0.15, 0.2) is 23.1 Å². The number of carbonyl (C=O) groups is 1. The predicted octanol–water partition coefficient (Wildman–Crippen LogP) is 4.20. The molecule has 0 unspecified atom stereocenters. The number of anilines is 3. The monoisotopic (exact) mass is 603 g/mol. The third-order valence-corrected chi connectivity index (χ3v) is 7.57. The fraction of sp³-hybridized carbons (Fsp3) is 0.375. The molecule has 5 aromatic rings. The summed E-state index contributed by atoms with van der Waals surface area (Å²) in [4.78, 5) is 23.9. The lowest BCUT2D eigenvalue weighted by molar-refractivity contribution is -0.117. The highest BCUT2D eigenvalue weighted by molar-refractivity contribution is 6.01. The van der Waals surface area contributed by atoms with Gasteiger partial charge in [0.1, 0.15) is 11.3 Å². The molecule has 4 aromatic heterocycles. The molecule has 2 aliphatic rings. The van der Waals surface area contributed by atoms with Crippen molar-refractivity contribution in [2.45, 2.75) is 26.8 Å². The summed E-state index contributed by atoms with van der Waals surface area (Å²) >= 11 is 0. The first-order valence-corrected chi connectivity index (χ1v) is 13.9. The maximum atomic E-state index is 12.9. The fourth-order valence-electron chi connectivity index (χ4n) is 4.97. The third kappa shape index (κ3) is 5.48. The van der Waals surface area contributed by atoms with Gasteiger partial charge in [-0.3, -0.25) is 4.79 Å². The molecule has 1 amide bonds. The third-order valence-electron chi connectivity index (χ3n) is 7.57. The summed E-state index contributed by atoms with van der Waals surface area (Å²) in [5.41, 5.74) is 1.17. The number of fused-ring (bicyclic) bond motifs is 2. The van der Waals surface area contributed by atoms with Crippen LogP contribution in [-0.4, -0.2) is 75.4 Å². The van der Waals surface area contributed by atoms with Gasteiger partial charge in [-0.15, -0.1) is 15.3 Å². The standard InChI is InChI=1S/C32H35N9O3/c1-4-39(18-21-5-8-23(43-3)9-6-21)31-29-25(16-27(36-37-29)34-32(42)24-15-20(24)2)26(17-33-31)30-35-28-10-7-22(19-41(28)38-30)40-11-13-44-14-12-40/h5-10,16-17,19-20,24H,4,11-15,18H2,1-3H3,(H,34,36,42)/t20-,24+/m1/s1/i4D2,11D2,12D2,13D2,14D2. The number of benzene rings is 1. The number of pyridine rings is 2. The van der Waals surface area contributed by atoms with Crippen molar-refractivity contribution < 1.29 is 28.0 Å². The number of methoxy groups -OCH3 is 1. The van der Waals surface area contributed by atoms with Gasteiger partial charge in [0, 0.05) is 51.8 Å². The maximum Gasteiger partial charge on any atom is 0.228 e. The molecule has 2 fully saturated rings. The van der Waals surface area contributed by atoms with Crippen molar-refractivity contribution in [2.24, 2.45) is 11.8 Å². The van der Waals surface area contributed by atoms with Crippen LogP contribution in [0, 0.1) is 11.8 Å². The average molecular weight is 604 g/mol. The zero-order chi connectivity index (χ0) is 39.2. The Morgan fingerprint density at radius 1 is 1.20 bits per heavy atom. The van der Waals surface area contributed by atoms with E-state index in [1.54, 1.807) is 37.4 Å². The minimum Gasteiger partial charge on any atom is -0.497 e. The Morgan fingerprint density at radius 3 is 2.73 bits per heavy atom. The van der Waals surface area contributed by atoms with Crippen molar-refractivity contribution >= 4 is 39.8 Å². The number of ether oxygens (including phenoxy) is 2. The lowest BCUT2D eigenvalue weighted by Crippen LogP contribution is -2.36. The van der Waals surface area contributed by atoms with Crippen LogP contribution in [0.2, 0.25) is 0 Å². The molecule has 1 saturated carbocycles. The topological polar surface area (TPSA) is 123 Å². The number of nitrogens with zero attached hydrogens (tertiary/aromatic N) is 8. The molecule has 0 bridgehead atoms. The maximum absolute atomic E-state index is 12.9. The Bertz CT molecular complexity index is 2240. The Kier molecular flexibility index (Phi) is 4.98. The van der Waals surface area contributed by atoms with E-state index in [1.807, 2.05) is 6.92 Å². The first kappa shape index (κ1) is 18.7. The SMILES string of the molecule is [2H]C([2H])(C)N(Cc1ccc(OC)cc1)c1ncc(-c2nc3ccc(N4C([2H])([2H])C([2H])([2H])OC([2H])([2H])C4([2H])[2H])cn3n2)c2cc(NC(=O)[C@H]3C[C@H]3C)nnc12. The Labute approximate surface area is 269 Å². The number of amides is 1. The van der Waals surface area contributed by atoms with Gasteiger partial charge >= 0.3 is 0 Å². The van der Waals surface area contributed by atoms with Crippen LogP contribution in [0.3, 0.4) is 0 Å². The molecular weight excluding hydrogens is 558 g/mol. The number of aromatic nitrogens is 6. The highest BCUT2D eigenvalue weighted by Crippen LogP contribution is 2.39. The van der Waals surface area contributed by atoms with Gasteiger partial charge in [-0.05, 0) is 55.2 Å². The van der Waals surface area contributed by atoms with Crippen molar-refractivity contribution in [3.05, 3.63) is 60.4 Å². The van der Waals surface area contributed by atoms with E-state index in [0.29, 0.717) is 21.6 Å². The van der Waals surface area contributed by atoms with Crippen LogP contribution in [0.15, 0.2) is 54.9 Å². The lowest BCUT2D eigenvalue weighted by atomic mass is 10.1. The van der Waals surface area contributed by atoms with E-state index < -0.39 is 32.6 Å². The summed E-state index contributed by atoms with van der Waals surface area (Å²) in [6.45, 7) is -11.4. The largest absolute Gasteiger partial charge is 0.497 e. The number of hydrogen-bond acceptors (Lipinski definition) is 10. The molecule has 1 aromatic carbocycles. The van der Waals surface area contributed by atoms with Crippen molar-refractivity contribution in [3.63, 3.8) is 0 Å². The van der Waals surface area contributed by atoms with Crippen LogP contribution < -0.4 is 19.9 Å². The van der Waals surface area contributed by atoms with Gasteiger partial charge in [-0.1, -0.05) is 19.1 Å². The van der Waals surface area contributed by atoms with Crippen LogP contribution >= 0.6 is 0 Å². The van der Waals surface area contributed by atoms with Crippen LogP contribution in [0.25, 0.3) is 27.9 Å². The van der Waals surface area contributed by atoms with Crippen LogP contribution in [0.1, 0.15) is 39.5 Å². The normalized spacial score (nSPS) is 26.3. The van der Waals surface area contributed by atoms with Crippen molar-refractivity contribution in [3.8, 4) is 17.1 Å². The van der Waals surface area contributed by atoms with Crippen LogP contribution in [0.4, 0.5) is 17.3 Å². The van der Waals surface area contributed by atoms with Crippen molar-refractivity contribution in [2.75, 3.05) is 54.8 Å². The van der Waals surface area contributed by atoms with E-state index in [1.165, 1.54) is 40.9 Å². The zero-order valence-electron chi connectivity index (χ0n) is 34.1. The molecule has 5 heterocycles. The molecule has 0 radical (unpaired) electrons. The van der Waals surface area contributed by atoms with Gasteiger partial charge < -0.3 is 24.6 Å². The smallest absolute Gasteiger partial charge is 0.228 e. The molecule has 1 aliphatic heterocycles. The second-order valence-electron chi connectivity index (χ2n) is 10.4. The minimum atomic E-state index is -3.25. The first-order valence-electron chi connectivity index (χ1n) is 18.9. The van der Waals surface area contributed by atoms with Crippen molar-refractivity contribution in [1.29, 1.82) is 0 Å². The van der Waals surface area contributed by atoms with Gasteiger partial charge in [0.25, 0.3) is 0 Å². The number of hydrogen-bond donors (Lipinski definition) is 1. The highest BCUT2D eigenvalue weighted by Gasteiger charge is 2.39.